The molecule has 0 radical (unpaired) electrons. The van der Waals surface area contributed by atoms with Crippen LogP contribution in [0.5, 0.6) is 0 Å². The van der Waals surface area contributed by atoms with Crippen molar-refractivity contribution >= 4 is 39.0 Å². The fourth-order valence-electron chi connectivity index (χ4n) is 5.17. The Kier molecular flexibility index (Phi) is 5.49. The number of nitrogens with zero attached hydrogens (tertiary/aromatic N) is 1. The molecular formula is C36H25NO. The van der Waals surface area contributed by atoms with Crippen LogP contribution >= 0.6 is 0 Å². The quantitative estimate of drug-likeness (QED) is 0.240. The number of para-hydroxylation sites is 1. The van der Waals surface area contributed by atoms with Crippen LogP contribution < -0.4 is 4.90 Å². The maximum atomic E-state index is 6.11. The third-order valence-corrected chi connectivity index (χ3v) is 7.08. The lowest BCUT2D eigenvalue weighted by molar-refractivity contribution is 0.669. The van der Waals surface area contributed by atoms with Gasteiger partial charge in [-0.05, 0) is 70.8 Å². The molecule has 38 heavy (non-hydrogen) atoms. The van der Waals surface area contributed by atoms with E-state index >= 15 is 0 Å². The predicted molar refractivity (Wildman–Crippen MR) is 159 cm³/mol. The highest BCUT2D eigenvalue weighted by molar-refractivity contribution is 6.06. The van der Waals surface area contributed by atoms with Crippen LogP contribution in [0.2, 0.25) is 0 Å². The lowest BCUT2D eigenvalue weighted by Gasteiger charge is -2.26. The Hall–Kier alpha value is -5.08. The van der Waals surface area contributed by atoms with Crippen LogP contribution in [0.4, 0.5) is 17.1 Å². The molecule has 0 fully saturated rings. The first kappa shape index (κ1) is 22.1. The summed E-state index contributed by atoms with van der Waals surface area (Å²) in [4.78, 5) is 2.31. The molecule has 0 aliphatic rings. The van der Waals surface area contributed by atoms with Gasteiger partial charge in [-0.1, -0.05) is 103 Å². The first-order chi connectivity index (χ1) is 18.8. The molecule has 7 rings (SSSR count). The van der Waals surface area contributed by atoms with E-state index in [0.29, 0.717) is 0 Å². The van der Waals surface area contributed by atoms with Gasteiger partial charge in [0, 0.05) is 27.8 Å². The van der Waals surface area contributed by atoms with Gasteiger partial charge < -0.3 is 9.32 Å². The van der Waals surface area contributed by atoms with Crippen molar-refractivity contribution in [3.05, 3.63) is 152 Å². The molecule has 1 heterocycles. The van der Waals surface area contributed by atoms with Gasteiger partial charge in [0.2, 0.25) is 0 Å². The minimum absolute atomic E-state index is 0.897. The normalized spacial score (nSPS) is 11.2. The van der Waals surface area contributed by atoms with E-state index in [0.717, 1.165) is 39.0 Å². The molecule has 7 aromatic rings. The van der Waals surface area contributed by atoms with Crippen molar-refractivity contribution in [1.82, 2.24) is 0 Å². The average molecular weight is 488 g/mol. The van der Waals surface area contributed by atoms with Gasteiger partial charge in [-0.3, -0.25) is 0 Å². The van der Waals surface area contributed by atoms with Gasteiger partial charge in [0.1, 0.15) is 11.2 Å². The van der Waals surface area contributed by atoms with Gasteiger partial charge in [0.25, 0.3) is 0 Å². The van der Waals surface area contributed by atoms with Gasteiger partial charge in [0.05, 0.1) is 0 Å². The Bertz CT molecular complexity index is 1750. The SMILES string of the molecule is c1ccc(-c2ccc(N(c3ccc(-c4ccccc4)cc3)c3ccc4oc5ccccc5c4c3)cc2)cc1. The van der Waals surface area contributed by atoms with E-state index in [9.17, 15) is 0 Å². The van der Waals surface area contributed by atoms with Crippen molar-refractivity contribution in [2.45, 2.75) is 0 Å². The van der Waals surface area contributed by atoms with E-state index in [1.54, 1.807) is 0 Å². The second-order valence-electron chi connectivity index (χ2n) is 9.44. The summed E-state index contributed by atoms with van der Waals surface area (Å²) in [5.41, 5.74) is 9.92. The van der Waals surface area contributed by atoms with E-state index < -0.39 is 0 Å². The Balaban J connectivity index is 1.35. The van der Waals surface area contributed by atoms with Crippen LogP contribution in [-0.4, -0.2) is 0 Å². The summed E-state index contributed by atoms with van der Waals surface area (Å²) < 4.78 is 6.11. The molecule has 2 heteroatoms. The molecular weight excluding hydrogens is 462 g/mol. The summed E-state index contributed by atoms with van der Waals surface area (Å²) in [6, 6.07) is 53.3. The summed E-state index contributed by atoms with van der Waals surface area (Å²) in [6.07, 6.45) is 0. The molecule has 0 saturated heterocycles. The number of rotatable bonds is 5. The number of fused-ring (bicyclic) bond motifs is 3. The van der Waals surface area contributed by atoms with Crippen LogP contribution in [0.15, 0.2) is 156 Å². The highest BCUT2D eigenvalue weighted by atomic mass is 16.3. The van der Waals surface area contributed by atoms with Crippen molar-refractivity contribution in [3.63, 3.8) is 0 Å². The lowest BCUT2D eigenvalue weighted by atomic mass is 10.0. The summed E-state index contributed by atoms with van der Waals surface area (Å²) >= 11 is 0. The Labute approximate surface area is 222 Å². The van der Waals surface area contributed by atoms with Gasteiger partial charge in [-0.15, -0.1) is 0 Å². The first-order valence-corrected chi connectivity index (χ1v) is 12.9. The summed E-state index contributed by atoms with van der Waals surface area (Å²) in [5, 5.41) is 2.24. The highest BCUT2D eigenvalue weighted by Crippen LogP contribution is 2.39. The number of furan rings is 1. The number of benzene rings is 6. The van der Waals surface area contributed by atoms with Gasteiger partial charge in [-0.25, -0.2) is 0 Å². The first-order valence-electron chi connectivity index (χ1n) is 12.9. The van der Waals surface area contributed by atoms with E-state index in [-0.39, 0.29) is 0 Å². The molecule has 0 aliphatic heterocycles. The molecule has 0 unspecified atom stereocenters. The fourth-order valence-corrected chi connectivity index (χ4v) is 5.17. The van der Waals surface area contributed by atoms with Crippen molar-refractivity contribution in [2.24, 2.45) is 0 Å². The summed E-state index contributed by atoms with van der Waals surface area (Å²) in [5.74, 6) is 0. The van der Waals surface area contributed by atoms with Crippen LogP contribution in [0.25, 0.3) is 44.2 Å². The second-order valence-corrected chi connectivity index (χ2v) is 9.44. The third-order valence-electron chi connectivity index (χ3n) is 7.08. The minimum atomic E-state index is 0.897. The summed E-state index contributed by atoms with van der Waals surface area (Å²) in [7, 11) is 0. The van der Waals surface area contributed by atoms with Crippen molar-refractivity contribution in [2.75, 3.05) is 4.90 Å². The molecule has 0 atom stereocenters. The maximum absolute atomic E-state index is 6.11. The number of hydrogen-bond donors (Lipinski definition) is 0. The standard InChI is InChI=1S/C36H25NO/c1-3-9-26(10-4-1)28-15-19-30(20-16-28)37(31-21-17-29(18-22-31)27-11-5-2-6-12-27)32-23-24-36-34(25-32)33-13-7-8-14-35(33)38-36/h1-25H. The topological polar surface area (TPSA) is 16.4 Å². The monoisotopic (exact) mass is 487 g/mol. The van der Waals surface area contributed by atoms with Gasteiger partial charge in [0.15, 0.2) is 0 Å². The van der Waals surface area contributed by atoms with E-state index in [2.05, 4.69) is 144 Å². The van der Waals surface area contributed by atoms with Crippen LogP contribution in [0.1, 0.15) is 0 Å². The molecule has 180 valence electrons. The van der Waals surface area contributed by atoms with Crippen LogP contribution in [0, 0.1) is 0 Å². The predicted octanol–water partition coefficient (Wildman–Crippen LogP) is 10.4. The van der Waals surface area contributed by atoms with E-state index in [4.69, 9.17) is 4.42 Å². The smallest absolute Gasteiger partial charge is 0.135 e. The zero-order chi connectivity index (χ0) is 25.3. The largest absolute Gasteiger partial charge is 0.456 e. The fraction of sp³-hybridized carbons (Fsp3) is 0. The average Bonchev–Trinajstić information content (AvgIpc) is 3.37. The Morgan fingerprint density at radius 1 is 0.342 bits per heavy atom. The van der Waals surface area contributed by atoms with Crippen molar-refractivity contribution < 1.29 is 4.42 Å². The zero-order valence-electron chi connectivity index (χ0n) is 20.8. The third kappa shape index (κ3) is 4.03. The Morgan fingerprint density at radius 2 is 0.789 bits per heavy atom. The van der Waals surface area contributed by atoms with E-state index in [1.165, 1.54) is 22.3 Å². The molecule has 6 aromatic carbocycles. The number of anilines is 3. The lowest BCUT2D eigenvalue weighted by Crippen LogP contribution is -2.09. The molecule has 2 nitrogen and oxygen atoms in total. The molecule has 0 bridgehead atoms. The minimum Gasteiger partial charge on any atom is -0.456 e. The molecule has 1 aromatic heterocycles. The highest BCUT2D eigenvalue weighted by Gasteiger charge is 2.16. The van der Waals surface area contributed by atoms with Crippen molar-refractivity contribution in [3.8, 4) is 22.3 Å². The summed E-state index contributed by atoms with van der Waals surface area (Å²) in [6.45, 7) is 0. The molecule has 0 aliphatic carbocycles. The molecule has 0 N–H and O–H groups in total. The van der Waals surface area contributed by atoms with E-state index in [1.807, 2.05) is 12.1 Å². The van der Waals surface area contributed by atoms with Crippen LogP contribution in [-0.2, 0) is 0 Å². The maximum Gasteiger partial charge on any atom is 0.135 e. The van der Waals surface area contributed by atoms with Gasteiger partial charge in [-0.2, -0.15) is 0 Å². The molecule has 0 saturated carbocycles. The van der Waals surface area contributed by atoms with Crippen LogP contribution in [0.3, 0.4) is 0 Å². The molecule has 0 spiro atoms. The van der Waals surface area contributed by atoms with Crippen molar-refractivity contribution in [1.29, 1.82) is 0 Å². The number of hydrogen-bond acceptors (Lipinski definition) is 2. The molecule has 0 amide bonds. The second kappa shape index (κ2) is 9.42. The Morgan fingerprint density at radius 3 is 1.37 bits per heavy atom. The zero-order valence-corrected chi connectivity index (χ0v) is 20.8. The van der Waals surface area contributed by atoms with Gasteiger partial charge >= 0.3 is 0 Å².